The normalized spacial score (nSPS) is 11.5. The van der Waals surface area contributed by atoms with Crippen molar-refractivity contribution in [3.05, 3.63) is 42.5 Å². The maximum absolute atomic E-state index is 11.7. The lowest BCUT2D eigenvalue weighted by atomic mass is 10.0. The number of aliphatic hydroxyl groups is 1. The van der Waals surface area contributed by atoms with Gasteiger partial charge in [0.15, 0.2) is 5.78 Å². The summed E-state index contributed by atoms with van der Waals surface area (Å²) in [6.07, 6.45) is 0.491. The number of rotatable bonds is 8. The average molecular weight is 278 g/mol. The van der Waals surface area contributed by atoms with E-state index in [0.717, 1.165) is 6.08 Å². The summed E-state index contributed by atoms with van der Waals surface area (Å²) in [4.78, 5) is 22.5. The minimum atomic E-state index is -0.972. The van der Waals surface area contributed by atoms with Crippen molar-refractivity contribution in [2.75, 3.05) is 13.2 Å². The van der Waals surface area contributed by atoms with Crippen molar-refractivity contribution in [1.82, 2.24) is 0 Å². The Morgan fingerprint density at radius 3 is 2.50 bits per heavy atom. The van der Waals surface area contributed by atoms with Crippen LogP contribution in [0.2, 0.25) is 0 Å². The molecule has 5 heteroatoms. The van der Waals surface area contributed by atoms with Gasteiger partial charge in [0.25, 0.3) is 0 Å². The number of carbonyl (C=O) groups excluding carboxylic acids is 2. The Hall–Kier alpha value is -2.14. The van der Waals surface area contributed by atoms with Crippen LogP contribution in [0.3, 0.4) is 0 Å². The molecule has 1 unspecified atom stereocenters. The van der Waals surface area contributed by atoms with Crippen LogP contribution in [0, 0.1) is 0 Å². The summed E-state index contributed by atoms with van der Waals surface area (Å²) < 4.78 is 10.1. The van der Waals surface area contributed by atoms with Gasteiger partial charge < -0.3 is 14.6 Å². The van der Waals surface area contributed by atoms with Crippen LogP contribution in [-0.4, -0.2) is 36.2 Å². The predicted octanol–water partition coefficient (Wildman–Crippen LogP) is 1.75. The number of esters is 1. The zero-order valence-electron chi connectivity index (χ0n) is 11.4. The fraction of sp³-hybridized carbons (Fsp3) is 0.333. The topological polar surface area (TPSA) is 72.8 Å². The molecule has 0 aliphatic rings. The van der Waals surface area contributed by atoms with E-state index in [-0.39, 0.29) is 19.0 Å². The van der Waals surface area contributed by atoms with Crippen molar-refractivity contribution in [2.24, 2.45) is 0 Å². The lowest BCUT2D eigenvalue weighted by Crippen LogP contribution is -2.19. The lowest BCUT2D eigenvalue weighted by molar-refractivity contribution is -0.138. The van der Waals surface area contributed by atoms with Crippen LogP contribution in [0.15, 0.2) is 36.9 Å². The van der Waals surface area contributed by atoms with Crippen molar-refractivity contribution in [2.45, 2.75) is 19.4 Å². The Balaban J connectivity index is 2.44. The number of benzene rings is 1. The smallest absolute Gasteiger partial charge is 0.330 e. The molecule has 0 spiro atoms. The van der Waals surface area contributed by atoms with Gasteiger partial charge in [0.2, 0.25) is 0 Å². The Morgan fingerprint density at radius 1 is 1.30 bits per heavy atom. The van der Waals surface area contributed by atoms with Gasteiger partial charge in [-0.25, -0.2) is 4.79 Å². The summed E-state index contributed by atoms with van der Waals surface area (Å²) in [5, 5.41) is 9.46. The molecule has 20 heavy (non-hydrogen) atoms. The summed E-state index contributed by atoms with van der Waals surface area (Å²) >= 11 is 0. The molecule has 0 radical (unpaired) electrons. The number of ether oxygens (including phenoxy) is 2. The molecule has 1 atom stereocenters. The van der Waals surface area contributed by atoms with Crippen molar-refractivity contribution in [1.29, 1.82) is 0 Å². The molecule has 0 aliphatic heterocycles. The average Bonchev–Trinajstić information content (AvgIpc) is 2.50. The molecule has 5 nitrogen and oxygen atoms in total. The molecule has 1 aromatic carbocycles. The van der Waals surface area contributed by atoms with Gasteiger partial charge in [-0.05, 0) is 30.7 Å². The van der Waals surface area contributed by atoms with Crippen LogP contribution in [0.1, 0.15) is 23.7 Å². The summed E-state index contributed by atoms with van der Waals surface area (Å²) in [5.41, 5.74) is 0.435. The highest BCUT2D eigenvalue weighted by molar-refractivity contribution is 5.99. The van der Waals surface area contributed by atoms with Crippen molar-refractivity contribution < 1.29 is 24.2 Å². The molecule has 1 aromatic rings. The maximum atomic E-state index is 11.7. The van der Waals surface area contributed by atoms with Crippen molar-refractivity contribution >= 4 is 11.8 Å². The molecule has 0 amide bonds. The Bertz CT molecular complexity index is 464. The molecule has 0 saturated heterocycles. The standard InChI is InChI=1S/C15H18O5/c1-3-13(16)15(18)11-5-7-12(8-6-11)19-9-10-20-14(17)4-2/h4-8,13,16H,2-3,9-10H2,1H3. The second-order valence-electron chi connectivity index (χ2n) is 4.03. The molecule has 108 valence electrons. The fourth-order valence-electron chi connectivity index (χ4n) is 1.45. The summed E-state index contributed by atoms with van der Waals surface area (Å²) in [5.74, 6) is -0.246. The minimum absolute atomic E-state index is 0.125. The van der Waals surface area contributed by atoms with Crippen LogP contribution in [-0.2, 0) is 9.53 Å². The Labute approximate surface area is 117 Å². The number of Topliss-reactive ketones (excluding diaryl/α,β-unsaturated/α-hetero) is 1. The van der Waals surface area contributed by atoms with Gasteiger partial charge in [-0.1, -0.05) is 13.5 Å². The summed E-state index contributed by atoms with van der Waals surface area (Å²) in [6.45, 7) is 5.36. The van der Waals surface area contributed by atoms with Crippen LogP contribution >= 0.6 is 0 Å². The van der Waals surface area contributed by atoms with E-state index in [4.69, 9.17) is 9.47 Å². The third kappa shape index (κ3) is 4.85. The van der Waals surface area contributed by atoms with Gasteiger partial charge in [0.1, 0.15) is 25.1 Å². The van der Waals surface area contributed by atoms with E-state index in [1.165, 1.54) is 0 Å². The first-order valence-corrected chi connectivity index (χ1v) is 6.32. The van der Waals surface area contributed by atoms with Crippen molar-refractivity contribution in [3.8, 4) is 5.75 Å². The zero-order chi connectivity index (χ0) is 15.0. The first-order valence-electron chi connectivity index (χ1n) is 6.32. The largest absolute Gasteiger partial charge is 0.490 e. The van der Waals surface area contributed by atoms with E-state index >= 15 is 0 Å². The monoisotopic (exact) mass is 278 g/mol. The van der Waals surface area contributed by atoms with Crippen LogP contribution in [0.25, 0.3) is 0 Å². The van der Waals surface area contributed by atoms with E-state index in [1.54, 1.807) is 31.2 Å². The van der Waals surface area contributed by atoms with Gasteiger partial charge in [0.05, 0.1) is 0 Å². The number of aliphatic hydroxyl groups excluding tert-OH is 1. The highest BCUT2D eigenvalue weighted by atomic mass is 16.6. The first kappa shape index (κ1) is 15.9. The predicted molar refractivity (Wildman–Crippen MR) is 73.7 cm³/mol. The van der Waals surface area contributed by atoms with Crippen LogP contribution < -0.4 is 4.74 Å². The van der Waals surface area contributed by atoms with E-state index in [2.05, 4.69) is 6.58 Å². The molecule has 0 aliphatic carbocycles. The van der Waals surface area contributed by atoms with Gasteiger partial charge in [-0.15, -0.1) is 0 Å². The Kier molecular flexibility index (Phi) is 6.46. The van der Waals surface area contributed by atoms with Gasteiger partial charge >= 0.3 is 5.97 Å². The third-order valence-electron chi connectivity index (χ3n) is 2.59. The number of hydrogen-bond donors (Lipinski definition) is 1. The molecule has 1 N–H and O–H groups in total. The fourth-order valence-corrected chi connectivity index (χ4v) is 1.45. The minimum Gasteiger partial charge on any atom is -0.490 e. The first-order chi connectivity index (χ1) is 9.58. The maximum Gasteiger partial charge on any atom is 0.330 e. The second kappa shape index (κ2) is 8.12. The van der Waals surface area contributed by atoms with Gasteiger partial charge in [-0.3, -0.25) is 4.79 Å². The zero-order valence-corrected chi connectivity index (χ0v) is 11.4. The molecular weight excluding hydrogens is 260 g/mol. The molecule has 0 aromatic heterocycles. The van der Waals surface area contributed by atoms with Crippen molar-refractivity contribution in [3.63, 3.8) is 0 Å². The highest BCUT2D eigenvalue weighted by Gasteiger charge is 2.14. The number of hydrogen-bond acceptors (Lipinski definition) is 5. The number of ketones is 1. The molecule has 0 heterocycles. The van der Waals surface area contributed by atoms with E-state index in [9.17, 15) is 14.7 Å². The van der Waals surface area contributed by atoms with Gasteiger partial charge in [0, 0.05) is 11.6 Å². The van der Waals surface area contributed by atoms with Crippen LogP contribution in [0.5, 0.6) is 5.75 Å². The third-order valence-corrected chi connectivity index (χ3v) is 2.59. The molecule has 1 rings (SSSR count). The van der Waals surface area contributed by atoms with Gasteiger partial charge in [-0.2, -0.15) is 0 Å². The number of carbonyl (C=O) groups is 2. The Morgan fingerprint density at radius 2 is 1.95 bits per heavy atom. The molecular formula is C15H18O5. The second-order valence-corrected chi connectivity index (χ2v) is 4.03. The molecule has 0 bridgehead atoms. The van der Waals surface area contributed by atoms with E-state index < -0.39 is 12.1 Å². The van der Waals surface area contributed by atoms with E-state index in [1.807, 2.05) is 0 Å². The summed E-state index contributed by atoms with van der Waals surface area (Å²) in [6, 6.07) is 6.44. The quantitative estimate of drug-likeness (QED) is 0.339. The van der Waals surface area contributed by atoms with Crippen LogP contribution in [0.4, 0.5) is 0 Å². The molecule has 0 fully saturated rings. The SMILES string of the molecule is C=CC(=O)OCCOc1ccc(C(=O)C(O)CC)cc1. The highest BCUT2D eigenvalue weighted by Crippen LogP contribution is 2.14. The molecule has 0 saturated carbocycles. The summed E-state index contributed by atoms with van der Waals surface area (Å²) in [7, 11) is 0. The van der Waals surface area contributed by atoms with E-state index in [0.29, 0.717) is 17.7 Å². The lowest BCUT2D eigenvalue weighted by Gasteiger charge is -2.09.